The second-order valence-electron chi connectivity index (χ2n) is 8.74. The number of phenolic OH excluding ortho intramolecular Hbond substituents is 1. The molecule has 0 aromatic heterocycles. The van der Waals surface area contributed by atoms with Gasteiger partial charge in [0.2, 0.25) is 0 Å². The molecule has 0 spiro atoms. The Bertz CT molecular complexity index is 558. The summed E-state index contributed by atoms with van der Waals surface area (Å²) >= 11 is 0. The van der Waals surface area contributed by atoms with E-state index in [4.69, 9.17) is 4.89 Å². The zero-order valence-corrected chi connectivity index (χ0v) is 17.3. The summed E-state index contributed by atoms with van der Waals surface area (Å²) in [7, 11) is 0. The number of carbonyl (C=O) groups excluding carboxylic acids is 1. The number of hydrogen-bond donors (Lipinski definition) is 1. The van der Waals surface area contributed by atoms with Crippen molar-refractivity contribution in [3.63, 3.8) is 0 Å². The molecular formula is C21H34O5. The van der Waals surface area contributed by atoms with Crippen LogP contribution in [0.5, 0.6) is 5.75 Å². The van der Waals surface area contributed by atoms with Gasteiger partial charge in [-0.05, 0) is 45.4 Å². The number of aromatic hydroxyl groups is 1. The highest BCUT2D eigenvalue weighted by atomic mass is 17.5. The van der Waals surface area contributed by atoms with Crippen LogP contribution < -0.4 is 0 Å². The number of carbonyl (C=O) groups is 1. The molecule has 0 fully saturated rings. The van der Waals surface area contributed by atoms with Crippen molar-refractivity contribution in [1.82, 2.24) is 0 Å². The SMILES string of the molecule is CCCCOOOC(=O)CCc1cc(C(C)(C)C)c(O)c(C(C)(C)C)c1. The van der Waals surface area contributed by atoms with E-state index in [0.717, 1.165) is 29.5 Å². The Hall–Kier alpha value is -1.59. The Labute approximate surface area is 157 Å². The van der Waals surface area contributed by atoms with Crippen LogP contribution in [0.25, 0.3) is 0 Å². The van der Waals surface area contributed by atoms with E-state index in [0.29, 0.717) is 18.8 Å². The van der Waals surface area contributed by atoms with Crippen molar-refractivity contribution < 1.29 is 24.7 Å². The fraction of sp³-hybridized carbons (Fsp3) is 0.667. The molecule has 5 nitrogen and oxygen atoms in total. The molecule has 0 heterocycles. The molecule has 1 aromatic rings. The minimum Gasteiger partial charge on any atom is -0.507 e. The summed E-state index contributed by atoms with van der Waals surface area (Å²) in [6.07, 6.45) is 2.50. The maximum Gasteiger partial charge on any atom is 0.345 e. The second kappa shape index (κ2) is 9.38. The number of benzene rings is 1. The summed E-state index contributed by atoms with van der Waals surface area (Å²) in [6.45, 7) is 14.8. The van der Waals surface area contributed by atoms with Crippen LogP contribution >= 0.6 is 0 Å². The van der Waals surface area contributed by atoms with Crippen LogP contribution in [0.3, 0.4) is 0 Å². The summed E-state index contributed by atoms with van der Waals surface area (Å²) < 4.78 is 0. The molecule has 1 rings (SSSR count). The zero-order valence-electron chi connectivity index (χ0n) is 17.3. The highest BCUT2D eigenvalue weighted by molar-refractivity contribution is 5.69. The third-order valence-corrected chi connectivity index (χ3v) is 4.16. The molecule has 0 bridgehead atoms. The van der Waals surface area contributed by atoms with E-state index < -0.39 is 5.97 Å². The topological polar surface area (TPSA) is 65.0 Å². The van der Waals surface area contributed by atoms with Crippen molar-refractivity contribution in [2.45, 2.75) is 85.0 Å². The van der Waals surface area contributed by atoms with Crippen molar-refractivity contribution >= 4 is 5.97 Å². The van der Waals surface area contributed by atoms with Crippen molar-refractivity contribution in [1.29, 1.82) is 0 Å². The van der Waals surface area contributed by atoms with E-state index in [9.17, 15) is 9.90 Å². The van der Waals surface area contributed by atoms with E-state index in [1.54, 1.807) is 0 Å². The van der Waals surface area contributed by atoms with E-state index in [-0.39, 0.29) is 17.3 Å². The summed E-state index contributed by atoms with van der Waals surface area (Å²) in [5.41, 5.74) is 2.36. The van der Waals surface area contributed by atoms with Gasteiger partial charge in [-0.25, -0.2) is 4.79 Å². The Kier molecular flexibility index (Phi) is 8.10. The van der Waals surface area contributed by atoms with Crippen molar-refractivity contribution in [3.8, 4) is 5.75 Å². The summed E-state index contributed by atoms with van der Waals surface area (Å²) in [4.78, 5) is 21.2. The van der Waals surface area contributed by atoms with Gasteiger partial charge in [-0.15, -0.1) is 0 Å². The van der Waals surface area contributed by atoms with E-state index >= 15 is 0 Å². The average Bonchev–Trinajstić information content (AvgIpc) is 2.51. The average molecular weight is 366 g/mol. The second-order valence-corrected chi connectivity index (χ2v) is 8.74. The van der Waals surface area contributed by atoms with Crippen LogP contribution in [0.1, 0.15) is 84.4 Å². The van der Waals surface area contributed by atoms with Gasteiger partial charge in [0.1, 0.15) is 5.75 Å². The summed E-state index contributed by atoms with van der Waals surface area (Å²) in [6, 6.07) is 3.94. The first-order valence-electron chi connectivity index (χ1n) is 9.32. The first-order chi connectivity index (χ1) is 12.0. The van der Waals surface area contributed by atoms with Gasteiger partial charge in [0, 0.05) is 0 Å². The fourth-order valence-corrected chi connectivity index (χ4v) is 2.57. The molecule has 5 heteroatoms. The normalized spacial score (nSPS) is 12.3. The third-order valence-electron chi connectivity index (χ3n) is 4.16. The molecule has 26 heavy (non-hydrogen) atoms. The molecule has 1 N–H and O–H groups in total. The quantitative estimate of drug-likeness (QED) is 0.393. The number of rotatable bonds is 8. The number of hydrogen-bond acceptors (Lipinski definition) is 5. The highest BCUT2D eigenvalue weighted by Crippen LogP contribution is 2.39. The van der Waals surface area contributed by atoms with Crippen molar-refractivity contribution in [2.75, 3.05) is 6.61 Å². The lowest BCUT2D eigenvalue weighted by Gasteiger charge is -2.28. The van der Waals surface area contributed by atoms with Crippen LogP contribution in [0.15, 0.2) is 12.1 Å². The van der Waals surface area contributed by atoms with Gasteiger partial charge in [-0.1, -0.05) is 67.0 Å². The van der Waals surface area contributed by atoms with E-state index in [1.165, 1.54) is 0 Å². The van der Waals surface area contributed by atoms with Crippen LogP contribution in [-0.4, -0.2) is 17.7 Å². The Morgan fingerprint density at radius 1 is 1.04 bits per heavy atom. The molecule has 0 unspecified atom stereocenters. The summed E-state index contributed by atoms with van der Waals surface area (Å²) in [5.74, 6) is -0.145. The van der Waals surface area contributed by atoms with Crippen LogP contribution in [0.2, 0.25) is 0 Å². The first kappa shape index (κ1) is 22.5. The zero-order chi connectivity index (χ0) is 20.0. The lowest BCUT2D eigenvalue weighted by molar-refractivity contribution is -0.486. The smallest absolute Gasteiger partial charge is 0.345 e. The van der Waals surface area contributed by atoms with Crippen LogP contribution in [-0.2, 0) is 36.9 Å². The number of aryl methyl sites for hydroxylation is 1. The predicted molar refractivity (Wildman–Crippen MR) is 102 cm³/mol. The van der Waals surface area contributed by atoms with Gasteiger partial charge >= 0.3 is 5.97 Å². The standard InChI is InChI=1S/C21H34O5/c1-8-9-12-24-26-25-18(22)11-10-15-13-16(20(2,3)4)19(23)17(14-15)21(5,6)7/h13-14,23H,8-12H2,1-7H3. The molecule has 0 amide bonds. The molecule has 0 saturated carbocycles. The van der Waals surface area contributed by atoms with Crippen molar-refractivity contribution in [3.05, 3.63) is 28.8 Å². The van der Waals surface area contributed by atoms with Gasteiger partial charge in [-0.2, -0.15) is 4.89 Å². The molecule has 0 aliphatic heterocycles. The maximum absolute atomic E-state index is 11.8. The van der Waals surface area contributed by atoms with Crippen molar-refractivity contribution in [2.24, 2.45) is 0 Å². The molecule has 148 valence electrons. The Morgan fingerprint density at radius 3 is 2.04 bits per heavy atom. The van der Waals surface area contributed by atoms with E-state index in [1.807, 2.05) is 19.1 Å². The fourth-order valence-electron chi connectivity index (χ4n) is 2.57. The lowest BCUT2D eigenvalue weighted by atomic mass is 9.78. The van der Waals surface area contributed by atoms with Crippen LogP contribution in [0.4, 0.5) is 0 Å². The molecule has 0 atom stereocenters. The Balaban J connectivity index is 2.82. The monoisotopic (exact) mass is 366 g/mol. The largest absolute Gasteiger partial charge is 0.507 e. The van der Waals surface area contributed by atoms with Crippen LogP contribution in [0, 0.1) is 0 Å². The third kappa shape index (κ3) is 6.96. The summed E-state index contributed by atoms with van der Waals surface area (Å²) in [5, 5.41) is 15.2. The predicted octanol–water partition coefficient (Wildman–Crippen LogP) is 5.13. The lowest BCUT2D eigenvalue weighted by Crippen LogP contribution is -2.18. The molecular weight excluding hydrogens is 332 g/mol. The van der Waals surface area contributed by atoms with Gasteiger partial charge in [-0.3, -0.25) is 4.89 Å². The minimum atomic E-state index is -0.482. The van der Waals surface area contributed by atoms with Gasteiger partial charge in [0.25, 0.3) is 0 Å². The van der Waals surface area contributed by atoms with Gasteiger partial charge in [0.05, 0.1) is 13.0 Å². The van der Waals surface area contributed by atoms with Gasteiger partial charge < -0.3 is 5.11 Å². The molecule has 0 saturated heterocycles. The maximum atomic E-state index is 11.8. The molecule has 0 aliphatic rings. The number of phenols is 1. The minimum absolute atomic E-state index is 0.176. The Morgan fingerprint density at radius 2 is 1.58 bits per heavy atom. The van der Waals surface area contributed by atoms with Gasteiger partial charge in [0.15, 0.2) is 0 Å². The highest BCUT2D eigenvalue weighted by Gasteiger charge is 2.26. The molecule has 0 aliphatic carbocycles. The number of unbranched alkanes of at least 4 members (excludes halogenated alkanes) is 1. The van der Waals surface area contributed by atoms with E-state index in [2.05, 4.69) is 51.5 Å². The first-order valence-corrected chi connectivity index (χ1v) is 9.32. The molecule has 1 aromatic carbocycles. The molecule has 0 radical (unpaired) electrons.